The average Bonchev–Trinajstić information content (AvgIpc) is 2.80. The maximum atomic E-state index is 12.1. The number of benzene rings is 1. The van der Waals surface area contributed by atoms with Crippen LogP contribution in [0.5, 0.6) is 0 Å². The molecule has 0 spiro atoms. The zero-order valence-electron chi connectivity index (χ0n) is 13.2. The monoisotopic (exact) mass is 317 g/mol. The third-order valence-corrected chi connectivity index (χ3v) is 4.42. The normalized spacial score (nSPS) is 17.0. The van der Waals surface area contributed by atoms with Gasteiger partial charge in [-0.15, -0.1) is 0 Å². The molecule has 0 saturated heterocycles. The van der Waals surface area contributed by atoms with Crippen LogP contribution in [0.2, 0.25) is 0 Å². The fraction of sp³-hybridized carbons (Fsp3) is 0.500. The van der Waals surface area contributed by atoms with Crippen molar-refractivity contribution < 1.29 is 19.5 Å². The predicted octanol–water partition coefficient (Wildman–Crippen LogP) is 2.94. The van der Waals surface area contributed by atoms with Crippen LogP contribution in [0.4, 0.5) is 0 Å². The highest BCUT2D eigenvalue weighted by Gasteiger charge is 2.39. The Hall–Kier alpha value is -2.17. The van der Waals surface area contributed by atoms with Gasteiger partial charge in [0.15, 0.2) is 5.78 Å². The lowest BCUT2D eigenvalue weighted by atomic mass is 9.90. The van der Waals surface area contributed by atoms with Crippen LogP contribution in [-0.2, 0) is 9.59 Å². The predicted molar refractivity (Wildman–Crippen MR) is 86.2 cm³/mol. The Kier molecular flexibility index (Phi) is 5.90. The summed E-state index contributed by atoms with van der Waals surface area (Å²) < 4.78 is 0. The van der Waals surface area contributed by atoms with Crippen molar-refractivity contribution in [2.45, 2.75) is 56.9 Å². The van der Waals surface area contributed by atoms with E-state index in [9.17, 15) is 19.5 Å². The van der Waals surface area contributed by atoms with Gasteiger partial charge in [0.2, 0.25) is 5.91 Å². The fourth-order valence-corrected chi connectivity index (χ4v) is 3.05. The summed E-state index contributed by atoms with van der Waals surface area (Å²) in [4.78, 5) is 35.8. The van der Waals surface area contributed by atoms with Crippen molar-refractivity contribution in [1.29, 1.82) is 0 Å². The highest BCUT2D eigenvalue weighted by atomic mass is 16.4. The van der Waals surface area contributed by atoms with E-state index in [1.165, 1.54) is 0 Å². The van der Waals surface area contributed by atoms with Crippen molar-refractivity contribution in [3.05, 3.63) is 35.9 Å². The summed E-state index contributed by atoms with van der Waals surface area (Å²) in [6.07, 6.45) is 4.62. The summed E-state index contributed by atoms with van der Waals surface area (Å²) in [6, 6.07) is 8.80. The SMILES string of the molecule is O=C(CCC(=O)c1ccccc1)NC1(C(=O)O)CCCCCC1. The minimum Gasteiger partial charge on any atom is -0.480 e. The van der Waals surface area contributed by atoms with Crippen LogP contribution >= 0.6 is 0 Å². The van der Waals surface area contributed by atoms with Crippen LogP contribution in [0, 0.1) is 0 Å². The molecule has 2 rings (SSSR count). The number of ketones is 1. The van der Waals surface area contributed by atoms with Gasteiger partial charge in [0.25, 0.3) is 0 Å². The first-order chi connectivity index (χ1) is 11.0. The summed E-state index contributed by atoms with van der Waals surface area (Å²) >= 11 is 0. The second-order valence-electron chi connectivity index (χ2n) is 6.14. The van der Waals surface area contributed by atoms with Crippen LogP contribution in [0.25, 0.3) is 0 Å². The van der Waals surface area contributed by atoms with Crippen LogP contribution in [0.1, 0.15) is 61.7 Å². The molecule has 1 aliphatic carbocycles. The molecule has 5 heteroatoms. The van der Waals surface area contributed by atoms with E-state index >= 15 is 0 Å². The molecule has 1 amide bonds. The van der Waals surface area contributed by atoms with Crippen molar-refractivity contribution in [2.75, 3.05) is 0 Å². The molecule has 0 aliphatic heterocycles. The number of carboxylic acids is 1. The Labute approximate surface area is 136 Å². The number of Topliss-reactive ketones (excluding diaryl/α,β-unsaturated/α-hetero) is 1. The van der Waals surface area contributed by atoms with Gasteiger partial charge in [-0.3, -0.25) is 9.59 Å². The minimum atomic E-state index is -1.16. The Morgan fingerprint density at radius 1 is 0.957 bits per heavy atom. The quantitative estimate of drug-likeness (QED) is 0.624. The summed E-state index contributed by atoms with van der Waals surface area (Å²) in [7, 11) is 0. The number of hydrogen-bond acceptors (Lipinski definition) is 3. The number of hydrogen-bond donors (Lipinski definition) is 2. The molecule has 1 fully saturated rings. The molecule has 0 unspecified atom stereocenters. The molecule has 1 aliphatic rings. The van der Waals surface area contributed by atoms with Gasteiger partial charge in [0, 0.05) is 18.4 Å². The number of carboxylic acid groups (broad SMARTS) is 1. The first-order valence-electron chi connectivity index (χ1n) is 8.16. The van der Waals surface area contributed by atoms with Gasteiger partial charge in [0.05, 0.1) is 0 Å². The summed E-state index contributed by atoms with van der Waals surface area (Å²) in [5.41, 5.74) is -0.591. The molecule has 0 atom stereocenters. The van der Waals surface area contributed by atoms with Gasteiger partial charge in [-0.1, -0.05) is 56.0 Å². The Morgan fingerprint density at radius 2 is 1.57 bits per heavy atom. The molecular formula is C18H23NO4. The molecule has 1 saturated carbocycles. The standard InChI is InChI=1S/C18H23NO4/c20-15(14-8-4-3-5-9-14)10-11-16(21)19-18(17(22)23)12-6-1-2-7-13-18/h3-5,8-9H,1-2,6-7,10-13H2,(H,19,21)(H,22,23). The Morgan fingerprint density at radius 3 is 2.13 bits per heavy atom. The molecule has 23 heavy (non-hydrogen) atoms. The molecule has 124 valence electrons. The van der Waals surface area contributed by atoms with Crippen molar-refractivity contribution in [1.82, 2.24) is 5.32 Å². The zero-order chi connectivity index (χ0) is 16.7. The van der Waals surface area contributed by atoms with E-state index in [0.717, 1.165) is 25.7 Å². The second-order valence-corrected chi connectivity index (χ2v) is 6.14. The van der Waals surface area contributed by atoms with Crippen molar-refractivity contribution >= 4 is 17.7 Å². The molecule has 0 bridgehead atoms. The molecule has 0 radical (unpaired) electrons. The topological polar surface area (TPSA) is 83.5 Å². The lowest BCUT2D eigenvalue weighted by Gasteiger charge is -2.29. The van der Waals surface area contributed by atoms with E-state index in [0.29, 0.717) is 18.4 Å². The van der Waals surface area contributed by atoms with E-state index in [1.54, 1.807) is 24.3 Å². The molecule has 5 nitrogen and oxygen atoms in total. The zero-order valence-corrected chi connectivity index (χ0v) is 13.2. The van der Waals surface area contributed by atoms with Crippen LogP contribution < -0.4 is 5.32 Å². The van der Waals surface area contributed by atoms with Gasteiger partial charge in [-0.25, -0.2) is 4.79 Å². The first kappa shape index (κ1) is 17.2. The van der Waals surface area contributed by atoms with Gasteiger partial charge >= 0.3 is 5.97 Å². The fourth-order valence-electron chi connectivity index (χ4n) is 3.05. The van der Waals surface area contributed by atoms with E-state index in [1.807, 2.05) is 6.07 Å². The summed E-state index contributed by atoms with van der Waals surface area (Å²) in [6.45, 7) is 0. The van der Waals surface area contributed by atoms with Crippen molar-refractivity contribution in [2.24, 2.45) is 0 Å². The number of carbonyl (C=O) groups is 3. The molecule has 1 aromatic rings. The van der Waals surface area contributed by atoms with Crippen molar-refractivity contribution in [3.8, 4) is 0 Å². The first-order valence-corrected chi connectivity index (χ1v) is 8.16. The second kappa shape index (κ2) is 7.90. The highest BCUT2D eigenvalue weighted by Crippen LogP contribution is 2.27. The number of nitrogens with one attached hydrogen (secondary N) is 1. The number of aliphatic carboxylic acids is 1. The van der Waals surface area contributed by atoms with Gasteiger partial charge in [0.1, 0.15) is 5.54 Å². The molecule has 0 aromatic heterocycles. The molecule has 2 N–H and O–H groups in total. The number of carbonyl (C=O) groups excluding carboxylic acids is 2. The molecule has 0 heterocycles. The Bertz CT molecular complexity index is 560. The summed E-state index contributed by atoms with van der Waals surface area (Å²) in [5, 5.41) is 12.2. The number of rotatable bonds is 6. The Balaban J connectivity index is 1.92. The smallest absolute Gasteiger partial charge is 0.329 e. The van der Waals surface area contributed by atoms with E-state index in [4.69, 9.17) is 0 Å². The minimum absolute atomic E-state index is 0.0166. The lowest BCUT2D eigenvalue weighted by molar-refractivity contribution is -0.148. The molecule has 1 aromatic carbocycles. The van der Waals surface area contributed by atoms with Gasteiger partial charge in [-0.05, 0) is 12.8 Å². The highest BCUT2D eigenvalue weighted by molar-refractivity contribution is 5.98. The molecular weight excluding hydrogens is 294 g/mol. The van der Waals surface area contributed by atoms with Crippen LogP contribution in [0.3, 0.4) is 0 Å². The number of amides is 1. The van der Waals surface area contributed by atoms with Crippen LogP contribution in [-0.4, -0.2) is 28.3 Å². The van der Waals surface area contributed by atoms with Crippen molar-refractivity contribution in [3.63, 3.8) is 0 Å². The van der Waals surface area contributed by atoms with E-state index < -0.39 is 11.5 Å². The lowest BCUT2D eigenvalue weighted by Crippen LogP contribution is -2.54. The largest absolute Gasteiger partial charge is 0.480 e. The van der Waals surface area contributed by atoms with Gasteiger partial charge in [-0.2, -0.15) is 0 Å². The van der Waals surface area contributed by atoms with Crippen LogP contribution in [0.15, 0.2) is 30.3 Å². The average molecular weight is 317 g/mol. The third kappa shape index (κ3) is 4.65. The van der Waals surface area contributed by atoms with E-state index in [2.05, 4.69) is 5.32 Å². The van der Waals surface area contributed by atoms with Gasteiger partial charge < -0.3 is 10.4 Å². The van der Waals surface area contributed by atoms with E-state index in [-0.39, 0.29) is 24.5 Å². The maximum Gasteiger partial charge on any atom is 0.329 e. The summed E-state index contributed by atoms with van der Waals surface area (Å²) in [5.74, 6) is -1.44. The maximum absolute atomic E-state index is 12.1. The third-order valence-electron chi connectivity index (χ3n) is 4.42.